The number of H-pyrrole nitrogens is 1. The smallest absolute Gasteiger partial charge is 0.303 e. The van der Waals surface area contributed by atoms with Crippen LogP contribution in [0.1, 0.15) is 50.4 Å². The molecule has 2 aromatic rings. The zero-order valence-corrected chi connectivity index (χ0v) is 12.4. The van der Waals surface area contributed by atoms with Crippen molar-refractivity contribution in [2.75, 3.05) is 0 Å². The van der Waals surface area contributed by atoms with E-state index in [0.717, 1.165) is 10.4 Å². The van der Waals surface area contributed by atoms with Crippen LogP contribution < -0.4 is 5.56 Å². The highest BCUT2D eigenvalue weighted by atomic mass is 32.1. The molecule has 2 N–H and O–H groups in total. The molecule has 0 saturated carbocycles. The van der Waals surface area contributed by atoms with Crippen molar-refractivity contribution in [1.82, 2.24) is 9.97 Å². The summed E-state index contributed by atoms with van der Waals surface area (Å²) in [5.41, 5.74) is 0.948. The summed E-state index contributed by atoms with van der Waals surface area (Å²) in [6.45, 7) is 4.11. The number of carboxylic acid groups (broad SMARTS) is 1. The van der Waals surface area contributed by atoms with E-state index in [1.54, 1.807) is 0 Å². The number of aromatic amines is 1. The second kappa shape index (κ2) is 6.17. The van der Waals surface area contributed by atoms with Crippen molar-refractivity contribution >= 4 is 27.5 Å². The van der Waals surface area contributed by atoms with Crippen molar-refractivity contribution in [2.45, 2.75) is 45.4 Å². The van der Waals surface area contributed by atoms with Crippen LogP contribution in [0, 0.1) is 0 Å². The van der Waals surface area contributed by atoms with Gasteiger partial charge >= 0.3 is 5.97 Å². The summed E-state index contributed by atoms with van der Waals surface area (Å²) in [4.78, 5) is 30.6. The first-order chi connectivity index (χ1) is 9.49. The van der Waals surface area contributed by atoms with E-state index in [-0.39, 0.29) is 12.0 Å². The Morgan fingerprint density at radius 3 is 2.85 bits per heavy atom. The lowest BCUT2D eigenvalue weighted by molar-refractivity contribution is -0.137. The van der Waals surface area contributed by atoms with Crippen LogP contribution in [0.3, 0.4) is 0 Å². The zero-order chi connectivity index (χ0) is 14.7. The maximum atomic E-state index is 12.1. The predicted molar refractivity (Wildman–Crippen MR) is 79.5 cm³/mol. The van der Waals surface area contributed by atoms with Gasteiger partial charge in [-0.1, -0.05) is 13.8 Å². The molecule has 0 amide bonds. The summed E-state index contributed by atoms with van der Waals surface area (Å²) < 4.78 is 0. The van der Waals surface area contributed by atoms with Gasteiger partial charge in [0.2, 0.25) is 0 Å². The van der Waals surface area contributed by atoms with Gasteiger partial charge in [-0.2, -0.15) is 0 Å². The van der Waals surface area contributed by atoms with Crippen molar-refractivity contribution in [1.29, 1.82) is 0 Å². The van der Waals surface area contributed by atoms with Gasteiger partial charge < -0.3 is 10.1 Å². The number of nitrogens with one attached hydrogen (secondary N) is 1. The fourth-order valence-electron chi connectivity index (χ4n) is 2.13. The van der Waals surface area contributed by atoms with Gasteiger partial charge in [-0.05, 0) is 29.7 Å². The van der Waals surface area contributed by atoms with Crippen LogP contribution >= 0.6 is 11.3 Å². The van der Waals surface area contributed by atoms with Gasteiger partial charge in [0.15, 0.2) is 0 Å². The molecular formula is C14H18N2O3S. The molecule has 0 aliphatic heterocycles. The highest BCUT2D eigenvalue weighted by Crippen LogP contribution is 2.27. The molecule has 0 fully saturated rings. The Balaban J connectivity index is 2.17. The third-order valence-electron chi connectivity index (χ3n) is 3.20. The molecule has 0 unspecified atom stereocenters. The summed E-state index contributed by atoms with van der Waals surface area (Å²) in [5, 5.41) is 11.3. The fraction of sp³-hybridized carbons (Fsp3) is 0.500. The van der Waals surface area contributed by atoms with Crippen LogP contribution in [-0.2, 0) is 11.2 Å². The normalized spacial score (nSPS) is 11.3. The lowest BCUT2D eigenvalue weighted by atomic mass is 10.0. The Morgan fingerprint density at radius 1 is 1.45 bits per heavy atom. The van der Waals surface area contributed by atoms with Crippen molar-refractivity contribution < 1.29 is 9.90 Å². The molecule has 0 atom stereocenters. The molecule has 2 aromatic heterocycles. The maximum absolute atomic E-state index is 12.1. The molecule has 6 heteroatoms. The number of rotatable bonds is 6. The number of aliphatic carboxylic acids is 1. The van der Waals surface area contributed by atoms with Gasteiger partial charge in [0, 0.05) is 12.8 Å². The van der Waals surface area contributed by atoms with E-state index in [0.29, 0.717) is 36.4 Å². The Morgan fingerprint density at radius 2 is 2.20 bits per heavy atom. The second-order valence-electron chi connectivity index (χ2n) is 5.14. The molecule has 0 aromatic carbocycles. The number of unbranched alkanes of at least 4 members (excludes halogenated alkanes) is 1. The average Bonchev–Trinajstić information content (AvgIpc) is 2.79. The summed E-state index contributed by atoms with van der Waals surface area (Å²) in [6.07, 6.45) is 2.07. The maximum Gasteiger partial charge on any atom is 0.303 e. The minimum absolute atomic E-state index is 0.0896. The predicted octanol–water partition coefficient (Wildman–Crippen LogP) is 2.91. The fourth-order valence-corrected chi connectivity index (χ4v) is 3.25. The minimum atomic E-state index is -0.790. The standard InChI is InChI=1S/C14H18N2O3S/c1-8(2)9-7-20-14-12(9)13(19)15-10(16-14)5-3-4-6-11(17)18/h7-8H,3-6H2,1-2H3,(H,17,18)(H,15,16,19). The number of thiophene rings is 1. The Kier molecular flexibility index (Phi) is 4.54. The van der Waals surface area contributed by atoms with Crippen LogP contribution in [0.15, 0.2) is 10.2 Å². The third kappa shape index (κ3) is 3.25. The van der Waals surface area contributed by atoms with Crippen LogP contribution in [0.25, 0.3) is 10.2 Å². The summed E-state index contributed by atoms with van der Waals surface area (Å²) in [7, 11) is 0. The molecule has 0 saturated heterocycles. The SMILES string of the molecule is CC(C)c1csc2nc(CCCCC(=O)O)[nH]c(=O)c12. The van der Waals surface area contributed by atoms with Crippen LogP contribution in [-0.4, -0.2) is 21.0 Å². The number of hydrogen-bond donors (Lipinski definition) is 2. The first kappa shape index (κ1) is 14.7. The van der Waals surface area contributed by atoms with Gasteiger partial charge in [0.25, 0.3) is 5.56 Å². The van der Waals surface area contributed by atoms with Crippen LogP contribution in [0.4, 0.5) is 0 Å². The number of aryl methyl sites for hydroxylation is 1. The van der Waals surface area contributed by atoms with Gasteiger partial charge in [0.05, 0.1) is 5.39 Å². The van der Waals surface area contributed by atoms with Gasteiger partial charge in [0.1, 0.15) is 10.7 Å². The Labute approximate surface area is 120 Å². The van der Waals surface area contributed by atoms with E-state index in [4.69, 9.17) is 5.11 Å². The lowest BCUT2D eigenvalue weighted by Gasteiger charge is -2.03. The van der Waals surface area contributed by atoms with E-state index in [1.807, 2.05) is 5.38 Å². The number of nitrogens with zero attached hydrogens (tertiary/aromatic N) is 1. The highest BCUT2D eigenvalue weighted by Gasteiger charge is 2.13. The van der Waals surface area contributed by atoms with E-state index < -0.39 is 5.97 Å². The first-order valence-electron chi connectivity index (χ1n) is 6.71. The molecule has 0 aliphatic carbocycles. The number of carboxylic acids is 1. The molecule has 20 heavy (non-hydrogen) atoms. The molecule has 5 nitrogen and oxygen atoms in total. The van der Waals surface area contributed by atoms with Gasteiger partial charge in [-0.3, -0.25) is 9.59 Å². The summed E-state index contributed by atoms with van der Waals surface area (Å²) in [5.74, 6) is 0.153. The van der Waals surface area contributed by atoms with Crippen molar-refractivity contribution in [3.63, 3.8) is 0 Å². The van der Waals surface area contributed by atoms with E-state index in [2.05, 4.69) is 23.8 Å². The monoisotopic (exact) mass is 294 g/mol. The quantitative estimate of drug-likeness (QED) is 0.802. The molecule has 108 valence electrons. The lowest BCUT2D eigenvalue weighted by Crippen LogP contribution is -2.12. The third-order valence-corrected chi connectivity index (χ3v) is 4.09. The molecular weight excluding hydrogens is 276 g/mol. The minimum Gasteiger partial charge on any atom is -0.481 e. The number of fused-ring (bicyclic) bond motifs is 1. The first-order valence-corrected chi connectivity index (χ1v) is 7.59. The van der Waals surface area contributed by atoms with E-state index in [1.165, 1.54) is 11.3 Å². The largest absolute Gasteiger partial charge is 0.481 e. The second-order valence-corrected chi connectivity index (χ2v) is 6.00. The van der Waals surface area contributed by atoms with E-state index in [9.17, 15) is 9.59 Å². The van der Waals surface area contributed by atoms with Crippen LogP contribution in [0.5, 0.6) is 0 Å². The summed E-state index contributed by atoms with van der Waals surface area (Å²) in [6, 6.07) is 0. The van der Waals surface area contributed by atoms with Crippen molar-refractivity contribution in [3.8, 4) is 0 Å². The molecule has 0 spiro atoms. The molecule has 2 rings (SSSR count). The zero-order valence-electron chi connectivity index (χ0n) is 11.6. The molecule has 0 aliphatic rings. The van der Waals surface area contributed by atoms with E-state index >= 15 is 0 Å². The van der Waals surface area contributed by atoms with Gasteiger partial charge in [-0.25, -0.2) is 4.98 Å². The molecule has 2 heterocycles. The topological polar surface area (TPSA) is 83.0 Å². The Hall–Kier alpha value is -1.69. The van der Waals surface area contributed by atoms with Crippen molar-refractivity contribution in [3.05, 3.63) is 27.1 Å². The molecule has 0 radical (unpaired) electrons. The van der Waals surface area contributed by atoms with Gasteiger partial charge in [-0.15, -0.1) is 11.3 Å². The van der Waals surface area contributed by atoms with Crippen molar-refractivity contribution in [2.24, 2.45) is 0 Å². The average molecular weight is 294 g/mol. The number of carbonyl (C=O) groups is 1. The Bertz CT molecular complexity index is 673. The number of hydrogen-bond acceptors (Lipinski definition) is 4. The van der Waals surface area contributed by atoms with Crippen LogP contribution in [0.2, 0.25) is 0 Å². The highest BCUT2D eigenvalue weighted by molar-refractivity contribution is 7.16. The molecule has 0 bridgehead atoms. The summed E-state index contributed by atoms with van der Waals surface area (Å²) >= 11 is 1.49. The number of aromatic nitrogens is 2.